The van der Waals surface area contributed by atoms with Gasteiger partial charge in [0.05, 0.1) is 6.54 Å². The van der Waals surface area contributed by atoms with Gasteiger partial charge >= 0.3 is 0 Å². The second-order valence-corrected chi connectivity index (χ2v) is 7.00. The van der Waals surface area contributed by atoms with Crippen molar-refractivity contribution in [2.45, 2.75) is 52.1 Å². The molecule has 4 heteroatoms. The monoisotopic (exact) mass is 342 g/mol. The summed E-state index contributed by atoms with van der Waals surface area (Å²) >= 11 is 0. The van der Waals surface area contributed by atoms with Crippen molar-refractivity contribution < 1.29 is 9.18 Å². The summed E-state index contributed by atoms with van der Waals surface area (Å²) in [5.74, 6) is 0.349. The van der Waals surface area contributed by atoms with Crippen LogP contribution in [0.4, 0.5) is 4.39 Å². The van der Waals surface area contributed by atoms with E-state index in [-0.39, 0.29) is 11.7 Å². The molecule has 0 aliphatic heterocycles. The standard InChI is InChI=1S/C21H27FN2O/c1-2-3-4-13-24(21(25)18-9-10-18)16-20-6-5-14-23(20)15-17-7-11-19(22)12-8-17/h5-8,11-12,14,18H,2-4,9-10,13,15-16H2,1H3. The fourth-order valence-electron chi connectivity index (χ4n) is 3.14. The van der Waals surface area contributed by atoms with Crippen molar-refractivity contribution in [1.82, 2.24) is 9.47 Å². The van der Waals surface area contributed by atoms with Gasteiger partial charge in [0.15, 0.2) is 0 Å². The molecule has 134 valence electrons. The molecule has 0 saturated heterocycles. The van der Waals surface area contributed by atoms with Gasteiger partial charge in [0, 0.05) is 30.9 Å². The van der Waals surface area contributed by atoms with Crippen LogP contribution in [0.25, 0.3) is 0 Å². The zero-order valence-corrected chi connectivity index (χ0v) is 15.0. The number of carbonyl (C=O) groups excluding carboxylic acids is 1. The highest BCUT2D eigenvalue weighted by atomic mass is 19.1. The lowest BCUT2D eigenvalue weighted by atomic mass is 10.2. The molecule has 3 rings (SSSR count). The third-order valence-corrected chi connectivity index (χ3v) is 4.81. The largest absolute Gasteiger partial charge is 0.345 e. The number of aromatic nitrogens is 1. The lowest BCUT2D eigenvalue weighted by molar-refractivity contribution is -0.133. The second-order valence-electron chi connectivity index (χ2n) is 7.00. The highest BCUT2D eigenvalue weighted by molar-refractivity contribution is 5.81. The predicted octanol–water partition coefficient (Wildman–Crippen LogP) is 4.60. The molecule has 0 bridgehead atoms. The molecule has 1 fully saturated rings. The van der Waals surface area contributed by atoms with Gasteiger partial charge in [0.1, 0.15) is 5.82 Å². The van der Waals surface area contributed by atoms with Crippen LogP contribution in [0.5, 0.6) is 0 Å². The predicted molar refractivity (Wildman–Crippen MR) is 97.6 cm³/mol. The molecule has 1 saturated carbocycles. The number of rotatable bonds is 9. The van der Waals surface area contributed by atoms with Crippen molar-refractivity contribution in [2.24, 2.45) is 5.92 Å². The van der Waals surface area contributed by atoms with Crippen molar-refractivity contribution in [3.05, 3.63) is 59.7 Å². The van der Waals surface area contributed by atoms with Crippen LogP contribution in [0.1, 0.15) is 50.3 Å². The number of amides is 1. The Labute approximate surface area is 149 Å². The average molecular weight is 342 g/mol. The minimum Gasteiger partial charge on any atom is -0.345 e. The Bertz CT molecular complexity index is 688. The van der Waals surface area contributed by atoms with Crippen LogP contribution < -0.4 is 0 Å². The number of nitrogens with zero attached hydrogens (tertiary/aromatic N) is 2. The van der Waals surface area contributed by atoms with Gasteiger partial charge in [-0.05, 0) is 49.1 Å². The summed E-state index contributed by atoms with van der Waals surface area (Å²) in [6.07, 6.45) is 7.50. The number of benzene rings is 1. The smallest absolute Gasteiger partial charge is 0.226 e. The SMILES string of the molecule is CCCCCN(Cc1cccn1Cc1ccc(F)cc1)C(=O)C1CC1. The molecular formula is C21H27FN2O. The highest BCUT2D eigenvalue weighted by Gasteiger charge is 2.33. The first kappa shape index (κ1) is 17.7. The van der Waals surface area contributed by atoms with E-state index in [9.17, 15) is 9.18 Å². The first-order chi connectivity index (χ1) is 12.2. The van der Waals surface area contributed by atoms with E-state index >= 15 is 0 Å². The molecule has 3 nitrogen and oxygen atoms in total. The van der Waals surface area contributed by atoms with E-state index in [4.69, 9.17) is 0 Å². The number of unbranched alkanes of at least 4 members (excludes halogenated alkanes) is 2. The van der Waals surface area contributed by atoms with Crippen LogP contribution in [0, 0.1) is 11.7 Å². The molecule has 1 aliphatic carbocycles. The summed E-state index contributed by atoms with van der Waals surface area (Å²) in [7, 11) is 0. The third-order valence-electron chi connectivity index (χ3n) is 4.81. The molecule has 2 aromatic rings. The quantitative estimate of drug-likeness (QED) is 0.611. The normalized spacial score (nSPS) is 13.8. The molecule has 1 heterocycles. The Hall–Kier alpha value is -2.10. The second kappa shape index (κ2) is 8.32. The van der Waals surface area contributed by atoms with Crippen molar-refractivity contribution in [2.75, 3.05) is 6.54 Å². The van der Waals surface area contributed by atoms with Gasteiger partial charge in [0.2, 0.25) is 5.91 Å². The van der Waals surface area contributed by atoms with Crippen LogP contribution in [-0.4, -0.2) is 21.9 Å². The van der Waals surface area contributed by atoms with Gasteiger partial charge in [-0.3, -0.25) is 4.79 Å². The van der Waals surface area contributed by atoms with E-state index in [1.165, 1.54) is 12.1 Å². The molecule has 1 aliphatic rings. The van der Waals surface area contributed by atoms with E-state index in [0.29, 0.717) is 19.0 Å². The number of hydrogen-bond acceptors (Lipinski definition) is 1. The zero-order valence-electron chi connectivity index (χ0n) is 15.0. The average Bonchev–Trinajstić information content (AvgIpc) is 3.37. The van der Waals surface area contributed by atoms with E-state index in [0.717, 1.165) is 49.9 Å². The first-order valence-corrected chi connectivity index (χ1v) is 9.34. The Morgan fingerprint density at radius 2 is 1.96 bits per heavy atom. The summed E-state index contributed by atoms with van der Waals surface area (Å²) in [5.41, 5.74) is 2.19. The van der Waals surface area contributed by atoms with E-state index in [2.05, 4.69) is 17.6 Å². The first-order valence-electron chi connectivity index (χ1n) is 9.34. The lowest BCUT2D eigenvalue weighted by Gasteiger charge is -2.24. The highest BCUT2D eigenvalue weighted by Crippen LogP contribution is 2.31. The van der Waals surface area contributed by atoms with E-state index < -0.39 is 0 Å². The summed E-state index contributed by atoms with van der Waals surface area (Å²) in [4.78, 5) is 14.6. The van der Waals surface area contributed by atoms with Crippen molar-refractivity contribution in [3.8, 4) is 0 Å². The molecule has 0 atom stereocenters. The summed E-state index contributed by atoms with van der Waals surface area (Å²) in [6, 6.07) is 10.7. The minimum absolute atomic E-state index is 0.214. The Morgan fingerprint density at radius 1 is 1.20 bits per heavy atom. The van der Waals surface area contributed by atoms with Crippen LogP contribution in [0.3, 0.4) is 0 Å². The number of halogens is 1. The Kier molecular flexibility index (Phi) is 5.90. The van der Waals surface area contributed by atoms with Crippen molar-refractivity contribution in [3.63, 3.8) is 0 Å². The molecule has 1 amide bonds. The maximum Gasteiger partial charge on any atom is 0.226 e. The fourth-order valence-corrected chi connectivity index (χ4v) is 3.14. The van der Waals surface area contributed by atoms with E-state index in [1.54, 1.807) is 0 Å². The molecular weight excluding hydrogens is 315 g/mol. The van der Waals surface area contributed by atoms with Gasteiger partial charge in [-0.15, -0.1) is 0 Å². The summed E-state index contributed by atoms with van der Waals surface area (Å²) < 4.78 is 15.2. The summed E-state index contributed by atoms with van der Waals surface area (Å²) in [5, 5.41) is 0. The molecule has 0 spiro atoms. The van der Waals surface area contributed by atoms with Crippen LogP contribution in [-0.2, 0) is 17.9 Å². The number of hydrogen-bond donors (Lipinski definition) is 0. The van der Waals surface area contributed by atoms with Gasteiger partial charge in [-0.1, -0.05) is 31.9 Å². The zero-order chi connectivity index (χ0) is 17.6. The van der Waals surface area contributed by atoms with Gasteiger partial charge in [-0.2, -0.15) is 0 Å². The van der Waals surface area contributed by atoms with Gasteiger partial charge in [-0.25, -0.2) is 4.39 Å². The van der Waals surface area contributed by atoms with Gasteiger partial charge in [0.25, 0.3) is 0 Å². The molecule has 0 unspecified atom stereocenters. The van der Waals surface area contributed by atoms with Crippen molar-refractivity contribution >= 4 is 5.91 Å². The Balaban J connectivity index is 1.68. The molecule has 25 heavy (non-hydrogen) atoms. The van der Waals surface area contributed by atoms with E-state index in [1.807, 2.05) is 29.3 Å². The topological polar surface area (TPSA) is 25.2 Å². The minimum atomic E-state index is -0.214. The number of carbonyl (C=O) groups is 1. The van der Waals surface area contributed by atoms with Gasteiger partial charge < -0.3 is 9.47 Å². The van der Waals surface area contributed by atoms with Crippen LogP contribution in [0.2, 0.25) is 0 Å². The molecule has 1 aromatic heterocycles. The Morgan fingerprint density at radius 3 is 2.64 bits per heavy atom. The maximum atomic E-state index is 13.1. The lowest BCUT2D eigenvalue weighted by Crippen LogP contribution is -2.33. The molecule has 1 aromatic carbocycles. The van der Waals surface area contributed by atoms with Crippen LogP contribution in [0.15, 0.2) is 42.6 Å². The summed E-state index contributed by atoms with van der Waals surface area (Å²) in [6.45, 7) is 4.38. The third kappa shape index (κ3) is 4.94. The fraction of sp³-hybridized carbons (Fsp3) is 0.476. The van der Waals surface area contributed by atoms with Crippen LogP contribution >= 0.6 is 0 Å². The van der Waals surface area contributed by atoms with Crippen molar-refractivity contribution in [1.29, 1.82) is 0 Å². The maximum absolute atomic E-state index is 13.1. The molecule has 0 radical (unpaired) electrons. The molecule has 0 N–H and O–H groups in total.